The van der Waals surface area contributed by atoms with E-state index in [0.717, 1.165) is 10.0 Å². The Labute approximate surface area is 262 Å². The summed E-state index contributed by atoms with van der Waals surface area (Å²) in [7, 11) is 0. The molecular weight excluding hydrogens is 644 g/mol. The number of carbonyl (C=O) groups excluding carboxylic acids is 2. The SMILES string of the molecule is CCOC(=O)C1=C(C)NC(=S)N[C@H]1c1ccccc1OCC(=O)NN=Cc1cc(Br)ccc1OCc1ccc(Cl)cc1. The smallest absolute Gasteiger partial charge is 0.338 e. The Morgan fingerprint density at radius 3 is 2.62 bits per heavy atom. The fourth-order valence-electron chi connectivity index (χ4n) is 4.10. The van der Waals surface area contributed by atoms with Crippen molar-refractivity contribution in [1.29, 1.82) is 0 Å². The van der Waals surface area contributed by atoms with Crippen molar-refractivity contribution in [2.75, 3.05) is 13.2 Å². The Hall–Kier alpha value is -3.93. The van der Waals surface area contributed by atoms with Gasteiger partial charge in [0.05, 0.1) is 24.4 Å². The molecule has 1 heterocycles. The predicted octanol–water partition coefficient (Wildman–Crippen LogP) is 5.57. The van der Waals surface area contributed by atoms with Gasteiger partial charge < -0.3 is 24.8 Å². The van der Waals surface area contributed by atoms with Crippen molar-refractivity contribution >= 4 is 63.0 Å². The second-order valence-electron chi connectivity index (χ2n) is 9.01. The van der Waals surface area contributed by atoms with Gasteiger partial charge in [-0.15, -0.1) is 0 Å². The number of nitrogens with one attached hydrogen (secondary N) is 3. The first-order chi connectivity index (χ1) is 20.2. The molecule has 3 aromatic carbocycles. The largest absolute Gasteiger partial charge is 0.488 e. The third kappa shape index (κ3) is 8.31. The van der Waals surface area contributed by atoms with Crippen LogP contribution in [0.2, 0.25) is 5.02 Å². The number of rotatable bonds is 11. The van der Waals surface area contributed by atoms with E-state index in [4.69, 9.17) is 38.0 Å². The van der Waals surface area contributed by atoms with Crippen molar-refractivity contribution in [1.82, 2.24) is 16.1 Å². The van der Waals surface area contributed by atoms with E-state index in [1.54, 1.807) is 44.2 Å². The van der Waals surface area contributed by atoms with Crippen LogP contribution in [0.1, 0.15) is 36.6 Å². The molecule has 0 spiro atoms. The fourth-order valence-corrected chi connectivity index (χ4v) is 4.88. The number of ether oxygens (including phenoxy) is 3. The summed E-state index contributed by atoms with van der Waals surface area (Å²) in [5.41, 5.74) is 5.66. The minimum absolute atomic E-state index is 0.224. The Morgan fingerprint density at radius 2 is 1.86 bits per heavy atom. The molecule has 1 aliphatic rings. The second-order valence-corrected chi connectivity index (χ2v) is 10.8. The predicted molar refractivity (Wildman–Crippen MR) is 169 cm³/mol. The number of halogens is 2. The van der Waals surface area contributed by atoms with Crippen molar-refractivity contribution < 1.29 is 23.8 Å². The Balaban J connectivity index is 1.41. The Bertz CT molecular complexity index is 1530. The minimum atomic E-state index is -0.627. The average Bonchev–Trinajstić information content (AvgIpc) is 2.96. The summed E-state index contributed by atoms with van der Waals surface area (Å²) < 4.78 is 17.9. The van der Waals surface area contributed by atoms with Gasteiger partial charge in [0.15, 0.2) is 11.7 Å². The van der Waals surface area contributed by atoms with E-state index < -0.39 is 17.9 Å². The van der Waals surface area contributed by atoms with Crippen LogP contribution >= 0.6 is 39.7 Å². The van der Waals surface area contributed by atoms with E-state index in [1.807, 2.05) is 36.4 Å². The highest BCUT2D eigenvalue weighted by Crippen LogP contribution is 2.33. The third-order valence-electron chi connectivity index (χ3n) is 6.03. The maximum Gasteiger partial charge on any atom is 0.338 e. The molecule has 0 fully saturated rings. The first-order valence-corrected chi connectivity index (χ1v) is 14.5. The zero-order valence-electron chi connectivity index (χ0n) is 22.8. The highest BCUT2D eigenvalue weighted by Gasteiger charge is 2.32. The molecule has 3 N–H and O–H groups in total. The number of carbonyl (C=O) groups is 2. The first-order valence-electron chi connectivity index (χ1n) is 12.9. The van der Waals surface area contributed by atoms with E-state index in [-0.39, 0.29) is 13.2 Å². The number of para-hydroxylation sites is 1. The van der Waals surface area contributed by atoms with Gasteiger partial charge in [0, 0.05) is 26.3 Å². The van der Waals surface area contributed by atoms with Crippen LogP contribution in [0, 0.1) is 0 Å². The van der Waals surface area contributed by atoms with Gasteiger partial charge in [0.25, 0.3) is 5.91 Å². The number of allylic oxidation sites excluding steroid dienone is 1. The Kier molecular flexibility index (Phi) is 10.9. The molecule has 42 heavy (non-hydrogen) atoms. The lowest BCUT2D eigenvalue weighted by atomic mass is 9.95. The summed E-state index contributed by atoms with van der Waals surface area (Å²) in [6.45, 7) is 3.73. The van der Waals surface area contributed by atoms with E-state index in [9.17, 15) is 9.59 Å². The summed E-state index contributed by atoms with van der Waals surface area (Å²) in [6, 6.07) is 19.3. The molecule has 0 unspecified atom stereocenters. The monoisotopic (exact) mass is 670 g/mol. The van der Waals surface area contributed by atoms with Crippen LogP contribution in [-0.2, 0) is 20.9 Å². The third-order valence-corrected chi connectivity index (χ3v) is 6.99. The van der Waals surface area contributed by atoms with Gasteiger partial charge in [0.2, 0.25) is 0 Å². The number of hydrazone groups is 1. The standard InChI is InChI=1S/C30H28BrClN4O5S/c1-3-39-29(38)27-18(2)34-30(42)35-28(27)23-6-4-5-7-25(23)41-17-26(37)36-33-15-20-14-21(31)10-13-24(20)40-16-19-8-11-22(32)12-9-19/h4-15,28H,3,16-17H2,1-2H3,(H,36,37)(H2,34,35,42)/t28-/m0/s1. The van der Waals surface area contributed by atoms with Crippen LogP contribution < -0.4 is 25.5 Å². The molecule has 0 saturated heterocycles. The van der Waals surface area contributed by atoms with E-state index in [0.29, 0.717) is 50.6 Å². The normalized spacial score (nSPS) is 14.7. The van der Waals surface area contributed by atoms with Crippen molar-refractivity contribution in [3.05, 3.63) is 104 Å². The van der Waals surface area contributed by atoms with Crippen LogP contribution in [0.25, 0.3) is 0 Å². The molecule has 1 atom stereocenters. The maximum absolute atomic E-state index is 12.7. The lowest BCUT2D eigenvalue weighted by molar-refractivity contribution is -0.139. The quantitative estimate of drug-likeness (QED) is 0.105. The second kappa shape index (κ2) is 14.8. The molecule has 0 aromatic heterocycles. The van der Waals surface area contributed by atoms with Gasteiger partial charge in [0.1, 0.15) is 18.1 Å². The summed E-state index contributed by atoms with van der Waals surface area (Å²) in [5, 5.41) is 11.2. The number of benzene rings is 3. The number of hydrogen-bond donors (Lipinski definition) is 3. The molecule has 1 aliphatic heterocycles. The lowest BCUT2D eigenvalue weighted by Gasteiger charge is -2.30. The van der Waals surface area contributed by atoms with Crippen LogP contribution in [0.4, 0.5) is 0 Å². The van der Waals surface area contributed by atoms with Crippen molar-refractivity contribution in [3.63, 3.8) is 0 Å². The molecule has 12 heteroatoms. The van der Waals surface area contributed by atoms with Crippen LogP contribution in [0.5, 0.6) is 11.5 Å². The summed E-state index contributed by atoms with van der Waals surface area (Å²) in [4.78, 5) is 25.4. The van der Waals surface area contributed by atoms with Gasteiger partial charge in [-0.05, 0) is 68.0 Å². The average molecular weight is 672 g/mol. The molecule has 3 aromatic rings. The fraction of sp³-hybridized carbons (Fsp3) is 0.200. The van der Waals surface area contributed by atoms with Crippen molar-refractivity contribution in [2.24, 2.45) is 5.10 Å². The molecule has 1 amide bonds. The first kappa shape index (κ1) is 31.0. The van der Waals surface area contributed by atoms with Gasteiger partial charge in [-0.1, -0.05) is 57.9 Å². The van der Waals surface area contributed by atoms with Gasteiger partial charge in [-0.2, -0.15) is 5.10 Å². The minimum Gasteiger partial charge on any atom is -0.488 e. The van der Waals surface area contributed by atoms with Crippen molar-refractivity contribution in [3.8, 4) is 11.5 Å². The number of hydrogen-bond acceptors (Lipinski definition) is 7. The maximum atomic E-state index is 12.7. The molecule has 9 nitrogen and oxygen atoms in total. The van der Waals surface area contributed by atoms with Gasteiger partial charge in [-0.3, -0.25) is 4.79 Å². The number of amides is 1. The zero-order chi connectivity index (χ0) is 30.1. The van der Waals surface area contributed by atoms with Crippen molar-refractivity contribution in [2.45, 2.75) is 26.5 Å². The molecule has 0 radical (unpaired) electrons. The van der Waals surface area contributed by atoms with E-state index in [2.05, 4.69) is 37.1 Å². The zero-order valence-corrected chi connectivity index (χ0v) is 25.9. The topological polar surface area (TPSA) is 110 Å². The van der Waals surface area contributed by atoms with Crippen LogP contribution in [0.3, 0.4) is 0 Å². The molecule has 0 bridgehead atoms. The van der Waals surface area contributed by atoms with Gasteiger partial charge >= 0.3 is 5.97 Å². The van der Waals surface area contributed by atoms with Crippen LogP contribution in [0.15, 0.2) is 87.6 Å². The molecule has 0 aliphatic carbocycles. The lowest BCUT2D eigenvalue weighted by Crippen LogP contribution is -2.45. The Morgan fingerprint density at radius 1 is 1.10 bits per heavy atom. The van der Waals surface area contributed by atoms with E-state index >= 15 is 0 Å². The highest BCUT2D eigenvalue weighted by molar-refractivity contribution is 9.10. The van der Waals surface area contributed by atoms with Gasteiger partial charge in [-0.25, -0.2) is 10.2 Å². The van der Waals surface area contributed by atoms with Crippen LogP contribution in [-0.4, -0.2) is 36.4 Å². The number of nitrogens with zero attached hydrogens (tertiary/aromatic N) is 1. The number of esters is 1. The number of thiocarbonyl (C=S) groups is 1. The molecule has 4 rings (SSSR count). The molecular formula is C30H28BrClN4O5S. The molecule has 0 saturated carbocycles. The summed E-state index contributed by atoms with van der Waals surface area (Å²) in [5.74, 6) is 0.0297. The molecule has 218 valence electrons. The van der Waals surface area contributed by atoms with E-state index in [1.165, 1.54) is 6.21 Å². The summed E-state index contributed by atoms with van der Waals surface area (Å²) >= 11 is 14.7. The summed E-state index contributed by atoms with van der Waals surface area (Å²) in [6.07, 6.45) is 1.49. The highest BCUT2D eigenvalue weighted by atomic mass is 79.9.